The normalized spacial score (nSPS) is 12.4. The van der Waals surface area contributed by atoms with E-state index in [2.05, 4.69) is 0 Å². The van der Waals surface area contributed by atoms with Gasteiger partial charge in [-0.15, -0.1) is 0 Å². The van der Waals surface area contributed by atoms with Gasteiger partial charge in [0, 0.05) is 18.6 Å². The van der Waals surface area contributed by atoms with Gasteiger partial charge >= 0.3 is 5.97 Å². The van der Waals surface area contributed by atoms with Crippen LogP contribution in [-0.2, 0) is 11.3 Å². The van der Waals surface area contributed by atoms with Gasteiger partial charge in [-0.3, -0.25) is 4.79 Å². The maximum absolute atomic E-state index is 10.4. The molecule has 70 valence electrons. The average molecular weight is 181 g/mol. The Morgan fingerprint density at radius 2 is 2.00 bits per heavy atom. The van der Waals surface area contributed by atoms with Gasteiger partial charge in [-0.1, -0.05) is 6.07 Å². The Hall–Kier alpha value is -1.42. The second kappa shape index (κ2) is 4.57. The van der Waals surface area contributed by atoms with Crippen LogP contribution in [0, 0.1) is 0 Å². The molecule has 0 aliphatic carbocycles. The molecule has 0 saturated heterocycles. The van der Waals surface area contributed by atoms with Crippen molar-refractivity contribution < 1.29 is 14.5 Å². The number of carboxylic acids is 1. The topological polar surface area (TPSA) is 67.2 Å². The van der Waals surface area contributed by atoms with E-state index in [9.17, 15) is 4.79 Å². The molecule has 1 unspecified atom stereocenters. The molecule has 13 heavy (non-hydrogen) atoms. The Labute approximate surface area is 76.6 Å². The predicted molar refractivity (Wildman–Crippen MR) is 46.9 cm³/mol. The molecule has 0 aliphatic heterocycles. The SMILES string of the molecule is NC(CC[n+]1ccccc1)C(=O)O. The number of aromatic nitrogens is 1. The first-order valence-electron chi connectivity index (χ1n) is 4.12. The predicted octanol–water partition coefficient (Wildman–Crippen LogP) is -0.224. The molecule has 0 aromatic carbocycles. The van der Waals surface area contributed by atoms with Crippen LogP contribution in [0.5, 0.6) is 0 Å². The standard InChI is InChI=1S/C9H12N2O2/c10-8(9(12)13)4-7-11-5-2-1-3-6-11/h1-3,5-6,8H,4,7,10H2/p+1. The van der Waals surface area contributed by atoms with Crippen molar-refractivity contribution in [3.8, 4) is 0 Å². The fourth-order valence-corrected chi connectivity index (χ4v) is 0.995. The first-order chi connectivity index (χ1) is 6.20. The van der Waals surface area contributed by atoms with Crippen LogP contribution in [0.3, 0.4) is 0 Å². The summed E-state index contributed by atoms with van der Waals surface area (Å²) in [5.41, 5.74) is 5.35. The first kappa shape index (κ1) is 9.67. The Morgan fingerprint density at radius 3 is 2.54 bits per heavy atom. The lowest BCUT2D eigenvalue weighted by molar-refractivity contribution is -0.697. The third kappa shape index (κ3) is 3.21. The molecule has 0 fully saturated rings. The van der Waals surface area contributed by atoms with Gasteiger partial charge in [0.25, 0.3) is 0 Å². The van der Waals surface area contributed by atoms with Crippen LogP contribution in [0.15, 0.2) is 30.6 Å². The zero-order valence-electron chi connectivity index (χ0n) is 7.26. The van der Waals surface area contributed by atoms with E-state index >= 15 is 0 Å². The number of aryl methyl sites for hydroxylation is 1. The highest BCUT2D eigenvalue weighted by molar-refractivity contribution is 5.72. The Bertz CT molecular complexity index is 274. The third-order valence-electron chi connectivity index (χ3n) is 1.79. The summed E-state index contributed by atoms with van der Waals surface area (Å²) in [5, 5.41) is 8.53. The number of rotatable bonds is 4. The van der Waals surface area contributed by atoms with Gasteiger partial charge in [-0.05, 0) is 0 Å². The lowest BCUT2D eigenvalue weighted by Crippen LogP contribution is -2.39. The minimum Gasteiger partial charge on any atom is -0.480 e. The van der Waals surface area contributed by atoms with E-state index < -0.39 is 12.0 Å². The third-order valence-corrected chi connectivity index (χ3v) is 1.79. The summed E-state index contributed by atoms with van der Waals surface area (Å²) < 4.78 is 1.91. The number of nitrogens with two attached hydrogens (primary N) is 1. The van der Waals surface area contributed by atoms with Gasteiger partial charge in [-0.2, -0.15) is 0 Å². The molecule has 1 heterocycles. The number of carbonyl (C=O) groups is 1. The van der Waals surface area contributed by atoms with E-state index in [0.717, 1.165) is 0 Å². The molecule has 1 aromatic rings. The van der Waals surface area contributed by atoms with E-state index in [1.165, 1.54) is 0 Å². The van der Waals surface area contributed by atoms with E-state index in [0.29, 0.717) is 13.0 Å². The van der Waals surface area contributed by atoms with E-state index in [1.807, 2.05) is 35.2 Å². The molecule has 0 spiro atoms. The van der Waals surface area contributed by atoms with Crippen LogP contribution < -0.4 is 10.3 Å². The maximum atomic E-state index is 10.4. The van der Waals surface area contributed by atoms with Gasteiger partial charge < -0.3 is 10.8 Å². The van der Waals surface area contributed by atoms with Crippen molar-refractivity contribution in [3.05, 3.63) is 30.6 Å². The molecule has 1 rings (SSSR count). The molecule has 0 radical (unpaired) electrons. The lowest BCUT2D eigenvalue weighted by atomic mass is 10.2. The molecule has 0 bridgehead atoms. The second-order valence-electron chi connectivity index (χ2n) is 2.85. The van der Waals surface area contributed by atoms with E-state index in [-0.39, 0.29) is 0 Å². The van der Waals surface area contributed by atoms with Crippen LogP contribution in [0.1, 0.15) is 6.42 Å². The van der Waals surface area contributed by atoms with Crippen LogP contribution in [0.2, 0.25) is 0 Å². The summed E-state index contributed by atoms with van der Waals surface area (Å²) >= 11 is 0. The van der Waals surface area contributed by atoms with Crippen molar-refractivity contribution in [2.75, 3.05) is 0 Å². The molecular weight excluding hydrogens is 168 g/mol. The molecule has 4 nitrogen and oxygen atoms in total. The zero-order chi connectivity index (χ0) is 9.68. The van der Waals surface area contributed by atoms with Crippen LogP contribution >= 0.6 is 0 Å². The number of nitrogens with zero attached hydrogens (tertiary/aromatic N) is 1. The summed E-state index contributed by atoms with van der Waals surface area (Å²) in [4.78, 5) is 10.4. The fourth-order valence-electron chi connectivity index (χ4n) is 0.995. The monoisotopic (exact) mass is 181 g/mol. The minimum atomic E-state index is -0.948. The Balaban J connectivity index is 2.39. The molecule has 0 amide bonds. The largest absolute Gasteiger partial charge is 0.480 e. The highest BCUT2D eigenvalue weighted by Crippen LogP contribution is 1.88. The summed E-state index contributed by atoms with van der Waals surface area (Å²) in [7, 11) is 0. The Kier molecular flexibility index (Phi) is 3.40. The van der Waals surface area contributed by atoms with Gasteiger partial charge in [0.05, 0.1) is 0 Å². The fraction of sp³-hybridized carbons (Fsp3) is 0.333. The summed E-state index contributed by atoms with van der Waals surface area (Å²) in [5.74, 6) is -0.948. The minimum absolute atomic E-state index is 0.448. The zero-order valence-corrected chi connectivity index (χ0v) is 7.26. The Morgan fingerprint density at radius 1 is 1.38 bits per heavy atom. The van der Waals surface area contributed by atoms with E-state index in [1.54, 1.807) is 0 Å². The number of pyridine rings is 1. The summed E-state index contributed by atoms with van der Waals surface area (Å²) in [6.07, 6.45) is 4.22. The maximum Gasteiger partial charge on any atom is 0.320 e. The van der Waals surface area contributed by atoms with Crippen LogP contribution in [0.25, 0.3) is 0 Å². The molecule has 4 heteroatoms. The molecule has 0 saturated carbocycles. The van der Waals surface area contributed by atoms with Crippen molar-refractivity contribution in [2.45, 2.75) is 19.0 Å². The van der Waals surface area contributed by atoms with Crippen molar-refractivity contribution in [3.63, 3.8) is 0 Å². The summed E-state index contributed by atoms with van der Waals surface area (Å²) in [6.45, 7) is 0.633. The summed E-state index contributed by atoms with van der Waals surface area (Å²) in [6, 6.07) is 4.93. The quantitative estimate of drug-likeness (QED) is 0.631. The van der Waals surface area contributed by atoms with Gasteiger partial charge in [0.15, 0.2) is 18.9 Å². The highest BCUT2D eigenvalue weighted by atomic mass is 16.4. The van der Waals surface area contributed by atoms with Crippen molar-refractivity contribution in [2.24, 2.45) is 5.73 Å². The molecule has 3 N–H and O–H groups in total. The van der Waals surface area contributed by atoms with Gasteiger partial charge in [0.2, 0.25) is 0 Å². The highest BCUT2D eigenvalue weighted by Gasteiger charge is 2.12. The molecule has 0 aliphatic rings. The number of hydrogen-bond donors (Lipinski definition) is 2. The van der Waals surface area contributed by atoms with E-state index in [4.69, 9.17) is 10.8 Å². The first-order valence-corrected chi connectivity index (χ1v) is 4.12. The van der Waals surface area contributed by atoms with Gasteiger partial charge in [-0.25, -0.2) is 4.57 Å². The van der Waals surface area contributed by atoms with Crippen LogP contribution in [0.4, 0.5) is 0 Å². The number of hydrogen-bond acceptors (Lipinski definition) is 2. The van der Waals surface area contributed by atoms with Crippen molar-refractivity contribution >= 4 is 5.97 Å². The smallest absolute Gasteiger partial charge is 0.320 e. The molecule has 1 aromatic heterocycles. The second-order valence-corrected chi connectivity index (χ2v) is 2.85. The molecule has 1 atom stereocenters. The lowest BCUT2D eigenvalue weighted by Gasteiger charge is -2.02. The van der Waals surface area contributed by atoms with Gasteiger partial charge in [0.1, 0.15) is 6.04 Å². The van der Waals surface area contributed by atoms with Crippen molar-refractivity contribution in [1.82, 2.24) is 0 Å². The molecular formula is C9H13N2O2+. The number of carboxylic acid groups (broad SMARTS) is 1. The number of aliphatic carboxylic acids is 1. The average Bonchev–Trinajstić information content (AvgIpc) is 2.15. The van der Waals surface area contributed by atoms with Crippen LogP contribution in [-0.4, -0.2) is 17.1 Å². The van der Waals surface area contributed by atoms with Crippen molar-refractivity contribution in [1.29, 1.82) is 0 Å².